The van der Waals surface area contributed by atoms with Gasteiger partial charge in [-0.05, 0) is 25.1 Å². The first-order valence-corrected chi connectivity index (χ1v) is 9.85. The Kier molecular flexibility index (Phi) is 6.89. The molecule has 0 aliphatic carbocycles. The second-order valence-electron chi connectivity index (χ2n) is 6.80. The van der Waals surface area contributed by atoms with E-state index in [2.05, 4.69) is 15.6 Å². The zero-order valence-electron chi connectivity index (χ0n) is 16.5. The first kappa shape index (κ1) is 22.7. The number of carbonyl (C=O) groups is 2. The fourth-order valence-electron chi connectivity index (χ4n) is 3.00. The minimum atomic E-state index is -4.52. The number of pyridine rings is 1. The van der Waals surface area contributed by atoms with Crippen molar-refractivity contribution in [3.8, 4) is 5.75 Å². The standard InChI is InChI=1S/C20H20ClF3N4O3/c1-12-19(30)28(15-4-2-3-5-16(15)31-12)9-6-17(29)25-7-8-26-18-14(21)10-13(11-27-18)20(22,23)24/h2-5,10-12H,6-9H2,1H3,(H,25,29)(H,26,27)/t12-/m0/s1. The van der Waals surface area contributed by atoms with Crippen LogP contribution < -0.4 is 20.3 Å². The van der Waals surface area contributed by atoms with Gasteiger partial charge in [-0.1, -0.05) is 23.7 Å². The van der Waals surface area contributed by atoms with Crippen molar-refractivity contribution in [2.75, 3.05) is 29.9 Å². The van der Waals surface area contributed by atoms with Gasteiger partial charge in [-0.25, -0.2) is 4.98 Å². The number of hydrogen-bond donors (Lipinski definition) is 2. The molecule has 0 saturated carbocycles. The lowest BCUT2D eigenvalue weighted by atomic mass is 10.1. The number of hydrogen-bond acceptors (Lipinski definition) is 5. The van der Waals surface area contributed by atoms with Gasteiger partial charge in [-0.15, -0.1) is 0 Å². The summed E-state index contributed by atoms with van der Waals surface area (Å²) < 4.78 is 43.5. The number of fused-ring (bicyclic) bond motifs is 1. The summed E-state index contributed by atoms with van der Waals surface area (Å²) in [6, 6.07) is 7.88. The van der Waals surface area contributed by atoms with Crippen molar-refractivity contribution in [3.63, 3.8) is 0 Å². The van der Waals surface area contributed by atoms with E-state index in [1.807, 2.05) is 0 Å². The van der Waals surface area contributed by atoms with Gasteiger partial charge in [0.2, 0.25) is 5.91 Å². The smallest absolute Gasteiger partial charge is 0.417 e. The molecule has 0 spiro atoms. The first-order valence-electron chi connectivity index (χ1n) is 9.47. The van der Waals surface area contributed by atoms with E-state index in [-0.39, 0.29) is 48.7 Å². The maximum atomic E-state index is 12.6. The van der Waals surface area contributed by atoms with E-state index in [1.54, 1.807) is 31.2 Å². The molecular formula is C20H20ClF3N4O3. The topological polar surface area (TPSA) is 83.6 Å². The molecule has 1 aliphatic rings. The molecule has 31 heavy (non-hydrogen) atoms. The summed E-state index contributed by atoms with van der Waals surface area (Å²) in [5.74, 6) is 0.169. The third-order valence-electron chi connectivity index (χ3n) is 4.54. The summed E-state index contributed by atoms with van der Waals surface area (Å²) in [4.78, 5) is 29.7. The van der Waals surface area contributed by atoms with Gasteiger partial charge in [0.1, 0.15) is 11.6 Å². The number of amides is 2. The first-order chi connectivity index (χ1) is 14.7. The van der Waals surface area contributed by atoms with E-state index >= 15 is 0 Å². The molecule has 1 atom stereocenters. The molecule has 0 radical (unpaired) electrons. The highest BCUT2D eigenvalue weighted by Gasteiger charge is 2.32. The lowest BCUT2D eigenvalue weighted by molar-refractivity contribution is -0.137. The summed E-state index contributed by atoms with van der Waals surface area (Å²) in [5, 5.41) is 5.28. The van der Waals surface area contributed by atoms with E-state index in [9.17, 15) is 22.8 Å². The number of rotatable bonds is 7. The Morgan fingerprint density at radius 1 is 1.29 bits per heavy atom. The van der Waals surface area contributed by atoms with Crippen molar-refractivity contribution in [2.45, 2.75) is 25.6 Å². The van der Waals surface area contributed by atoms with Crippen molar-refractivity contribution >= 4 is 34.9 Å². The Morgan fingerprint density at radius 2 is 2.03 bits per heavy atom. The Morgan fingerprint density at radius 3 is 2.74 bits per heavy atom. The maximum absolute atomic E-state index is 12.6. The van der Waals surface area contributed by atoms with E-state index in [1.165, 1.54) is 4.90 Å². The fourth-order valence-corrected chi connectivity index (χ4v) is 3.23. The molecule has 1 aromatic carbocycles. The van der Waals surface area contributed by atoms with Crippen LogP contribution in [0.3, 0.4) is 0 Å². The predicted molar refractivity (Wildman–Crippen MR) is 109 cm³/mol. The lowest BCUT2D eigenvalue weighted by Gasteiger charge is -2.32. The van der Waals surface area contributed by atoms with Crippen molar-refractivity contribution < 1.29 is 27.5 Å². The number of para-hydroxylation sites is 2. The summed E-state index contributed by atoms with van der Waals surface area (Å²) >= 11 is 5.82. The van der Waals surface area contributed by atoms with Crippen LogP contribution in [0.2, 0.25) is 5.02 Å². The molecule has 1 aromatic heterocycles. The molecule has 2 amide bonds. The van der Waals surface area contributed by atoms with Crippen molar-refractivity contribution in [1.29, 1.82) is 0 Å². The molecule has 11 heteroatoms. The van der Waals surface area contributed by atoms with E-state index in [0.717, 1.165) is 6.07 Å². The molecule has 7 nitrogen and oxygen atoms in total. The Bertz CT molecular complexity index is 971. The van der Waals surface area contributed by atoms with E-state index in [0.29, 0.717) is 17.6 Å². The number of aromatic nitrogens is 1. The molecule has 2 aromatic rings. The van der Waals surface area contributed by atoms with E-state index < -0.39 is 17.8 Å². The lowest BCUT2D eigenvalue weighted by Crippen LogP contribution is -2.46. The molecule has 3 rings (SSSR count). The van der Waals surface area contributed by atoms with Gasteiger partial charge in [-0.2, -0.15) is 13.2 Å². The van der Waals surface area contributed by atoms with Crippen LogP contribution in [-0.2, 0) is 15.8 Å². The van der Waals surface area contributed by atoms with Crippen molar-refractivity contribution in [2.24, 2.45) is 0 Å². The summed E-state index contributed by atoms with van der Waals surface area (Å²) in [7, 11) is 0. The Labute approximate surface area is 181 Å². The zero-order valence-corrected chi connectivity index (χ0v) is 17.3. The van der Waals surface area contributed by atoms with Crippen LogP contribution in [0.1, 0.15) is 18.9 Å². The summed E-state index contributed by atoms with van der Waals surface area (Å²) in [5.41, 5.74) is -0.326. The summed E-state index contributed by atoms with van der Waals surface area (Å²) in [6.45, 7) is 2.24. The largest absolute Gasteiger partial charge is 0.479 e. The molecule has 1 aliphatic heterocycles. The number of benzene rings is 1. The third-order valence-corrected chi connectivity index (χ3v) is 4.83. The van der Waals surface area contributed by atoms with Gasteiger partial charge in [0.05, 0.1) is 16.3 Å². The monoisotopic (exact) mass is 456 g/mol. The number of carbonyl (C=O) groups excluding carboxylic acids is 2. The van der Waals surface area contributed by atoms with Crippen LogP contribution in [0.5, 0.6) is 5.75 Å². The average molecular weight is 457 g/mol. The normalized spacial score (nSPS) is 15.8. The highest BCUT2D eigenvalue weighted by Crippen LogP contribution is 2.34. The molecule has 166 valence electrons. The molecule has 2 N–H and O–H groups in total. The van der Waals surface area contributed by atoms with Crippen LogP contribution in [0.4, 0.5) is 24.7 Å². The molecule has 0 saturated heterocycles. The minimum absolute atomic E-state index is 0.0755. The Balaban J connectivity index is 1.46. The number of anilines is 2. The van der Waals surface area contributed by atoms with Crippen LogP contribution in [0, 0.1) is 0 Å². The van der Waals surface area contributed by atoms with Crippen LogP contribution >= 0.6 is 11.6 Å². The molecule has 2 heterocycles. The number of nitrogens with zero attached hydrogens (tertiary/aromatic N) is 2. The minimum Gasteiger partial charge on any atom is -0.479 e. The molecular weight excluding hydrogens is 437 g/mol. The van der Waals surface area contributed by atoms with E-state index in [4.69, 9.17) is 16.3 Å². The number of ether oxygens (including phenoxy) is 1. The predicted octanol–water partition coefficient (Wildman–Crippen LogP) is 3.49. The quantitative estimate of drug-likeness (QED) is 0.623. The third kappa shape index (κ3) is 5.57. The molecule has 0 bridgehead atoms. The van der Waals surface area contributed by atoms with Crippen molar-refractivity contribution in [1.82, 2.24) is 10.3 Å². The maximum Gasteiger partial charge on any atom is 0.417 e. The zero-order chi connectivity index (χ0) is 22.6. The molecule has 0 fully saturated rings. The fraction of sp³-hybridized carbons (Fsp3) is 0.350. The van der Waals surface area contributed by atoms with Gasteiger partial charge in [0.25, 0.3) is 5.91 Å². The highest BCUT2D eigenvalue weighted by atomic mass is 35.5. The average Bonchev–Trinajstić information content (AvgIpc) is 2.71. The van der Waals surface area contributed by atoms with Crippen LogP contribution in [0.15, 0.2) is 36.5 Å². The van der Waals surface area contributed by atoms with Gasteiger partial charge >= 0.3 is 6.18 Å². The van der Waals surface area contributed by atoms with Gasteiger partial charge in [-0.3, -0.25) is 9.59 Å². The summed E-state index contributed by atoms with van der Waals surface area (Å²) in [6.07, 6.45) is -4.40. The second-order valence-corrected chi connectivity index (χ2v) is 7.20. The number of nitrogens with one attached hydrogen (secondary N) is 2. The number of alkyl halides is 3. The SMILES string of the molecule is C[C@@H]1Oc2ccccc2N(CCC(=O)NCCNc2ncc(C(F)(F)F)cc2Cl)C1=O. The van der Waals surface area contributed by atoms with Crippen molar-refractivity contribution in [3.05, 3.63) is 47.1 Å². The van der Waals surface area contributed by atoms with Gasteiger partial charge in [0.15, 0.2) is 6.10 Å². The van der Waals surface area contributed by atoms with Gasteiger partial charge < -0.3 is 20.3 Å². The van der Waals surface area contributed by atoms with Crippen LogP contribution in [-0.4, -0.2) is 42.5 Å². The Hall–Kier alpha value is -3.01. The number of halogens is 4. The van der Waals surface area contributed by atoms with Crippen LogP contribution in [0.25, 0.3) is 0 Å². The highest BCUT2D eigenvalue weighted by molar-refractivity contribution is 6.32. The molecule has 0 unspecified atom stereocenters. The van der Waals surface area contributed by atoms with Gasteiger partial charge in [0, 0.05) is 32.3 Å². The second kappa shape index (κ2) is 9.42.